The molecule has 2 aliphatic rings. The molecule has 2 unspecified atom stereocenters. The van der Waals surface area contributed by atoms with E-state index in [0.29, 0.717) is 24.0 Å². The van der Waals surface area contributed by atoms with Crippen LogP contribution in [0.15, 0.2) is 6.07 Å². The van der Waals surface area contributed by atoms with Crippen molar-refractivity contribution in [2.24, 2.45) is 0 Å². The van der Waals surface area contributed by atoms with Crippen LogP contribution in [0.5, 0.6) is 0 Å². The summed E-state index contributed by atoms with van der Waals surface area (Å²) in [7, 11) is 0. The van der Waals surface area contributed by atoms with Crippen molar-refractivity contribution in [2.45, 2.75) is 51.4 Å². The van der Waals surface area contributed by atoms with Crippen LogP contribution in [0.1, 0.15) is 72.3 Å². The summed E-state index contributed by atoms with van der Waals surface area (Å²) < 4.78 is 5.13. The summed E-state index contributed by atoms with van der Waals surface area (Å²) in [5.74, 6) is 1.07. The van der Waals surface area contributed by atoms with Gasteiger partial charge in [-0.05, 0) is 50.2 Å². The maximum Gasteiger partial charge on any atom is 0.339 e. The second-order valence-electron chi connectivity index (χ2n) is 5.24. The van der Waals surface area contributed by atoms with E-state index in [4.69, 9.17) is 9.72 Å². The van der Waals surface area contributed by atoms with Crippen LogP contribution in [0.3, 0.4) is 0 Å². The van der Waals surface area contributed by atoms with E-state index in [0.717, 1.165) is 12.1 Å². The number of aromatic nitrogens is 1. The van der Waals surface area contributed by atoms with Gasteiger partial charge in [0.25, 0.3) is 0 Å². The lowest BCUT2D eigenvalue weighted by molar-refractivity contribution is 0.0524. The number of hydrogen-bond donors (Lipinski definition) is 0. The molecule has 3 nitrogen and oxygen atoms in total. The minimum Gasteiger partial charge on any atom is -0.462 e. The molecule has 96 valence electrons. The normalized spacial score (nSPS) is 24.1. The van der Waals surface area contributed by atoms with Crippen molar-refractivity contribution < 1.29 is 9.53 Å². The summed E-state index contributed by atoms with van der Waals surface area (Å²) in [6.07, 6.45) is 4.55. The molecular weight excluding hydrogens is 226 g/mol. The zero-order valence-electron chi connectivity index (χ0n) is 11.0. The van der Waals surface area contributed by atoms with E-state index < -0.39 is 0 Å². The number of esters is 1. The molecule has 0 radical (unpaired) electrons. The van der Waals surface area contributed by atoms with Gasteiger partial charge in [0.2, 0.25) is 0 Å². The number of hydrogen-bond acceptors (Lipinski definition) is 3. The molecule has 0 spiro atoms. The quantitative estimate of drug-likeness (QED) is 0.768. The zero-order chi connectivity index (χ0) is 12.7. The van der Waals surface area contributed by atoms with Crippen molar-refractivity contribution in [1.82, 2.24) is 4.98 Å². The highest BCUT2D eigenvalue weighted by molar-refractivity contribution is 5.91. The van der Waals surface area contributed by atoms with Crippen molar-refractivity contribution in [3.63, 3.8) is 0 Å². The minimum atomic E-state index is -0.215. The van der Waals surface area contributed by atoms with Gasteiger partial charge in [-0.1, -0.05) is 6.92 Å². The molecule has 0 saturated heterocycles. The molecule has 18 heavy (non-hydrogen) atoms. The first-order chi connectivity index (χ1) is 8.74. The van der Waals surface area contributed by atoms with E-state index in [9.17, 15) is 4.79 Å². The molecule has 3 heteroatoms. The van der Waals surface area contributed by atoms with Gasteiger partial charge in [-0.25, -0.2) is 4.79 Å². The SMILES string of the molecule is CCOC(=O)c1cc2c(nc1CC)C1CCC2C1. The van der Waals surface area contributed by atoms with Crippen molar-refractivity contribution in [2.75, 3.05) is 6.61 Å². The molecule has 0 N–H and O–H groups in total. The number of carbonyl (C=O) groups is 1. The van der Waals surface area contributed by atoms with Gasteiger partial charge in [-0.3, -0.25) is 4.98 Å². The van der Waals surface area contributed by atoms with Crippen LogP contribution in [-0.4, -0.2) is 17.6 Å². The Morgan fingerprint density at radius 1 is 1.39 bits per heavy atom. The molecule has 2 atom stereocenters. The fourth-order valence-corrected chi connectivity index (χ4v) is 3.40. The lowest BCUT2D eigenvalue weighted by Gasteiger charge is -2.17. The minimum absolute atomic E-state index is 0.215. The number of rotatable bonds is 3. The van der Waals surface area contributed by atoms with Crippen molar-refractivity contribution in [3.8, 4) is 0 Å². The third-order valence-corrected chi connectivity index (χ3v) is 4.25. The highest BCUT2D eigenvalue weighted by Crippen LogP contribution is 2.52. The van der Waals surface area contributed by atoms with Crippen LogP contribution in [0.25, 0.3) is 0 Å². The smallest absolute Gasteiger partial charge is 0.339 e. The summed E-state index contributed by atoms with van der Waals surface area (Å²) in [6, 6.07) is 2.06. The van der Waals surface area contributed by atoms with Crippen molar-refractivity contribution in [1.29, 1.82) is 0 Å². The summed E-state index contributed by atoms with van der Waals surface area (Å²) in [5.41, 5.74) is 4.16. The molecule has 1 aromatic heterocycles. The largest absolute Gasteiger partial charge is 0.462 e. The van der Waals surface area contributed by atoms with Gasteiger partial charge in [0, 0.05) is 11.6 Å². The highest BCUT2D eigenvalue weighted by Gasteiger charge is 2.39. The van der Waals surface area contributed by atoms with Crippen molar-refractivity contribution in [3.05, 3.63) is 28.6 Å². The third-order valence-electron chi connectivity index (χ3n) is 4.25. The van der Waals surface area contributed by atoms with Gasteiger partial charge in [0.1, 0.15) is 0 Å². The molecule has 1 aromatic rings. The number of pyridine rings is 1. The Morgan fingerprint density at radius 3 is 2.89 bits per heavy atom. The van der Waals surface area contributed by atoms with Gasteiger partial charge in [0.05, 0.1) is 17.9 Å². The number of ether oxygens (including phenoxy) is 1. The highest BCUT2D eigenvalue weighted by atomic mass is 16.5. The second kappa shape index (κ2) is 4.38. The molecule has 1 fully saturated rings. The maximum absolute atomic E-state index is 12.0. The van der Waals surface area contributed by atoms with E-state index in [2.05, 4.69) is 6.07 Å². The summed E-state index contributed by atoms with van der Waals surface area (Å²) in [6.45, 7) is 4.31. The predicted molar refractivity (Wildman–Crippen MR) is 68.9 cm³/mol. The molecule has 1 saturated carbocycles. The predicted octanol–water partition coefficient (Wildman–Crippen LogP) is 3.19. The first-order valence-electron chi connectivity index (χ1n) is 6.95. The van der Waals surface area contributed by atoms with Gasteiger partial charge >= 0.3 is 5.97 Å². The Hall–Kier alpha value is -1.38. The van der Waals surface area contributed by atoms with Gasteiger partial charge in [-0.15, -0.1) is 0 Å². The summed E-state index contributed by atoms with van der Waals surface area (Å²) >= 11 is 0. The Balaban J connectivity index is 2.05. The summed E-state index contributed by atoms with van der Waals surface area (Å²) in [5, 5.41) is 0. The Morgan fingerprint density at radius 2 is 2.17 bits per heavy atom. The molecular formula is C15H19NO2. The van der Waals surface area contributed by atoms with Gasteiger partial charge < -0.3 is 4.74 Å². The lowest BCUT2D eigenvalue weighted by Crippen LogP contribution is -2.13. The average Bonchev–Trinajstić information content (AvgIpc) is 2.98. The Kier molecular flexibility index (Phi) is 2.84. The van der Waals surface area contributed by atoms with Crippen LogP contribution in [0.4, 0.5) is 0 Å². The van der Waals surface area contributed by atoms with Crippen LogP contribution in [0.2, 0.25) is 0 Å². The van der Waals surface area contributed by atoms with E-state index in [1.54, 1.807) is 0 Å². The molecule has 0 aromatic carbocycles. The monoisotopic (exact) mass is 245 g/mol. The maximum atomic E-state index is 12.0. The second-order valence-corrected chi connectivity index (χ2v) is 5.24. The number of fused-ring (bicyclic) bond motifs is 5. The fraction of sp³-hybridized carbons (Fsp3) is 0.600. The average molecular weight is 245 g/mol. The van der Waals surface area contributed by atoms with E-state index >= 15 is 0 Å². The molecule has 3 rings (SSSR count). The fourth-order valence-electron chi connectivity index (χ4n) is 3.40. The van der Waals surface area contributed by atoms with E-state index in [1.807, 2.05) is 13.8 Å². The number of carbonyl (C=O) groups excluding carboxylic acids is 1. The summed E-state index contributed by atoms with van der Waals surface area (Å²) in [4.78, 5) is 16.7. The van der Waals surface area contributed by atoms with Crippen LogP contribution >= 0.6 is 0 Å². The first kappa shape index (κ1) is 11.7. The molecule has 0 aliphatic heterocycles. The van der Waals surface area contributed by atoms with Crippen LogP contribution < -0.4 is 0 Å². The molecule has 1 heterocycles. The molecule has 2 aliphatic carbocycles. The van der Waals surface area contributed by atoms with Crippen LogP contribution in [-0.2, 0) is 11.2 Å². The molecule has 2 bridgehead atoms. The lowest BCUT2D eigenvalue weighted by atomic mass is 9.93. The van der Waals surface area contributed by atoms with E-state index in [-0.39, 0.29) is 5.97 Å². The molecule has 0 amide bonds. The number of nitrogens with zero attached hydrogens (tertiary/aromatic N) is 1. The third kappa shape index (κ3) is 1.64. The topological polar surface area (TPSA) is 39.2 Å². The Labute approximate surface area is 108 Å². The Bertz CT molecular complexity index is 496. The van der Waals surface area contributed by atoms with Crippen LogP contribution in [0, 0.1) is 0 Å². The standard InChI is InChI=1S/C15H19NO2/c1-3-13-12(15(17)18-4-2)8-11-9-5-6-10(7-9)14(11)16-13/h8-10H,3-7H2,1-2H3. The number of aryl methyl sites for hydroxylation is 1. The first-order valence-corrected chi connectivity index (χ1v) is 6.95. The van der Waals surface area contributed by atoms with Gasteiger partial charge in [0.15, 0.2) is 0 Å². The zero-order valence-corrected chi connectivity index (χ0v) is 11.0. The van der Waals surface area contributed by atoms with Crippen molar-refractivity contribution >= 4 is 5.97 Å². The van der Waals surface area contributed by atoms with Gasteiger partial charge in [-0.2, -0.15) is 0 Å². The van der Waals surface area contributed by atoms with E-state index in [1.165, 1.54) is 30.5 Å².